The molecule has 0 saturated heterocycles. The average molecular weight is 408 g/mol. The first-order chi connectivity index (χ1) is 13.6. The third-order valence-corrected chi connectivity index (χ3v) is 5.46. The minimum absolute atomic E-state index is 0.175. The van der Waals surface area contributed by atoms with Crippen molar-refractivity contribution in [3.8, 4) is 22.4 Å². The van der Waals surface area contributed by atoms with E-state index >= 15 is 0 Å². The van der Waals surface area contributed by atoms with Gasteiger partial charge in [-0.2, -0.15) is 5.26 Å². The first-order valence-corrected chi connectivity index (χ1v) is 10.1. The number of thiophene rings is 1. The van der Waals surface area contributed by atoms with E-state index in [9.17, 15) is 10.1 Å². The van der Waals surface area contributed by atoms with E-state index in [1.54, 1.807) is 12.2 Å². The lowest BCUT2D eigenvalue weighted by atomic mass is 10.1. The maximum atomic E-state index is 11.6. The lowest BCUT2D eigenvalue weighted by molar-refractivity contribution is -0.114. The fraction of sp³-hybridized carbons (Fsp3) is 0.0952. The average Bonchev–Trinajstić information content (AvgIpc) is 3.34. The van der Waals surface area contributed by atoms with Crippen molar-refractivity contribution in [2.45, 2.75) is 6.92 Å². The van der Waals surface area contributed by atoms with Gasteiger partial charge in [-0.3, -0.25) is 4.79 Å². The Labute approximate surface area is 171 Å². The molecule has 0 aliphatic carbocycles. The summed E-state index contributed by atoms with van der Waals surface area (Å²) in [6, 6.07) is 13.5. The number of carbonyl (C=O) groups is 1. The molecule has 0 saturated carbocycles. The van der Waals surface area contributed by atoms with Crippen LogP contribution in [-0.2, 0) is 4.79 Å². The zero-order valence-electron chi connectivity index (χ0n) is 15.1. The number of allylic oxidation sites excluding steroid dienone is 1. The minimum atomic E-state index is -0.175. The smallest absolute Gasteiger partial charge is 0.221 e. The molecule has 0 unspecified atom stereocenters. The summed E-state index contributed by atoms with van der Waals surface area (Å²) < 4.78 is 5.47. The third kappa shape index (κ3) is 4.74. The fourth-order valence-corrected chi connectivity index (χ4v) is 4.16. The van der Waals surface area contributed by atoms with Gasteiger partial charge < -0.3 is 10.1 Å². The van der Waals surface area contributed by atoms with E-state index in [0.29, 0.717) is 27.9 Å². The van der Waals surface area contributed by atoms with Crippen molar-refractivity contribution in [1.29, 1.82) is 5.26 Å². The van der Waals surface area contributed by atoms with Gasteiger partial charge in [-0.1, -0.05) is 42.2 Å². The highest BCUT2D eigenvalue weighted by atomic mass is 32.1. The molecule has 7 heteroatoms. The zero-order chi connectivity index (χ0) is 19.9. The number of amides is 1. The Morgan fingerprint density at radius 1 is 1.36 bits per heavy atom. The van der Waals surface area contributed by atoms with Gasteiger partial charge in [-0.25, -0.2) is 4.98 Å². The second-order valence-corrected chi connectivity index (χ2v) is 7.64. The van der Waals surface area contributed by atoms with Gasteiger partial charge in [0.05, 0.1) is 10.5 Å². The van der Waals surface area contributed by atoms with Crippen LogP contribution >= 0.6 is 22.7 Å². The van der Waals surface area contributed by atoms with E-state index < -0.39 is 0 Å². The molecule has 28 heavy (non-hydrogen) atoms. The lowest BCUT2D eigenvalue weighted by Crippen LogP contribution is -2.04. The summed E-state index contributed by atoms with van der Waals surface area (Å²) in [5.41, 5.74) is 1.97. The van der Waals surface area contributed by atoms with E-state index in [0.717, 1.165) is 16.2 Å². The van der Waals surface area contributed by atoms with Crippen LogP contribution in [0.4, 0.5) is 5.00 Å². The van der Waals surface area contributed by atoms with Gasteiger partial charge in [0, 0.05) is 6.92 Å². The molecular formula is C21H17N3O2S2. The molecule has 3 rings (SSSR count). The minimum Gasteiger partial charge on any atom is -0.490 e. The number of hydrogen-bond donors (Lipinski definition) is 1. The van der Waals surface area contributed by atoms with Crippen LogP contribution in [0.2, 0.25) is 0 Å². The number of rotatable bonds is 7. The monoisotopic (exact) mass is 407 g/mol. The molecule has 3 aromatic rings. The Hall–Kier alpha value is -3.21. The SMILES string of the molecule is C=CCOc1ccc(C=C(C#N)c2nc(-c3cccs3)c(NC(C)=O)s2)cc1. The summed E-state index contributed by atoms with van der Waals surface area (Å²) in [4.78, 5) is 17.1. The van der Waals surface area contributed by atoms with Gasteiger partial charge in [-0.15, -0.1) is 11.3 Å². The maximum Gasteiger partial charge on any atom is 0.221 e. The summed E-state index contributed by atoms with van der Waals surface area (Å²) in [7, 11) is 0. The molecule has 0 fully saturated rings. The first kappa shape index (κ1) is 19.5. The summed E-state index contributed by atoms with van der Waals surface area (Å²) in [5, 5.41) is 15.6. The number of nitrogens with zero attached hydrogens (tertiary/aromatic N) is 2. The lowest BCUT2D eigenvalue weighted by Gasteiger charge is -2.03. The van der Waals surface area contributed by atoms with E-state index in [1.807, 2.05) is 41.8 Å². The van der Waals surface area contributed by atoms with Gasteiger partial charge in [0.2, 0.25) is 5.91 Å². The van der Waals surface area contributed by atoms with Gasteiger partial charge in [-0.05, 0) is 35.2 Å². The van der Waals surface area contributed by atoms with Crippen LogP contribution in [0, 0.1) is 11.3 Å². The number of nitriles is 1. The van der Waals surface area contributed by atoms with Crippen molar-refractivity contribution >= 4 is 45.2 Å². The molecule has 5 nitrogen and oxygen atoms in total. The predicted octanol–water partition coefficient (Wildman–Crippen LogP) is 5.46. The van der Waals surface area contributed by atoms with Crippen molar-refractivity contribution in [2.24, 2.45) is 0 Å². The third-order valence-electron chi connectivity index (χ3n) is 3.58. The summed E-state index contributed by atoms with van der Waals surface area (Å²) >= 11 is 2.82. The van der Waals surface area contributed by atoms with Crippen LogP contribution in [-0.4, -0.2) is 17.5 Å². The van der Waals surface area contributed by atoms with Crippen LogP contribution in [0.3, 0.4) is 0 Å². The Balaban J connectivity index is 1.93. The van der Waals surface area contributed by atoms with Gasteiger partial charge in [0.25, 0.3) is 0 Å². The number of ether oxygens (including phenoxy) is 1. The highest BCUT2D eigenvalue weighted by molar-refractivity contribution is 7.18. The number of anilines is 1. The molecule has 140 valence electrons. The van der Waals surface area contributed by atoms with Gasteiger partial charge in [0.15, 0.2) is 0 Å². The standard InChI is InChI=1S/C21H17N3O2S2/c1-3-10-26-17-8-6-15(7-9-17)12-16(13-22)20-24-19(18-5-4-11-27-18)21(28-20)23-14(2)25/h3-9,11-12H,1,10H2,2H3,(H,23,25). The Morgan fingerprint density at radius 3 is 2.75 bits per heavy atom. The number of nitrogens with one attached hydrogen (secondary N) is 1. The first-order valence-electron chi connectivity index (χ1n) is 8.39. The molecule has 0 spiro atoms. The van der Waals surface area contributed by atoms with Crippen molar-refractivity contribution in [2.75, 3.05) is 11.9 Å². The zero-order valence-corrected chi connectivity index (χ0v) is 16.8. The van der Waals surface area contributed by atoms with Crippen molar-refractivity contribution in [1.82, 2.24) is 4.98 Å². The molecule has 1 N–H and O–H groups in total. The summed E-state index contributed by atoms with van der Waals surface area (Å²) in [5.74, 6) is 0.559. The molecule has 1 amide bonds. The van der Waals surface area contributed by atoms with E-state index in [4.69, 9.17) is 4.74 Å². The molecule has 0 aliphatic rings. The predicted molar refractivity (Wildman–Crippen MR) is 115 cm³/mol. The Morgan fingerprint density at radius 2 is 2.14 bits per heavy atom. The number of hydrogen-bond acceptors (Lipinski definition) is 6. The largest absolute Gasteiger partial charge is 0.490 e. The highest BCUT2D eigenvalue weighted by Crippen LogP contribution is 2.38. The van der Waals surface area contributed by atoms with Crippen molar-refractivity contribution in [3.05, 3.63) is 65.0 Å². The number of aromatic nitrogens is 1. The topological polar surface area (TPSA) is 75.0 Å². The molecule has 0 atom stereocenters. The van der Waals surface area contributed by atoms with Crippen LogP contribution in [0.1, 0.15) is 17.5 Å². The summed E-state index contributed by atoms with van der Waals surface area (Å²) in [6.45, 7) is 5.51. The van der Waals surface area contributed by atoms with E-state index in [-0.39, 0.29) is 5.91 Å². The number of benzene rings is 1. The molecule has 0 aliphatic heterocycles. The van der Waals surface area contributed by atoms with Crippen LogP contribution in [0.5, 0.6) is 5.75 Å². The van der Waals surface area contributed by atoms with E-state index in [2.05, 4.69) is 22.9 Å². The second kappa shape index (κ2) is 9.13. The Kier molecular flexibility index (Phi) is 6.37. The quantitative estimate of drug-likeness (QED) is 0.417. The molecule has 2 heterocycles. The van der Waals surface area contributed by atoms with Crippen molar-refractivity contribution < 1.29 is 9.53 Å². The molecule has 0 radical (unpaired) electrons. The number of carbonyl (C=O) groups excluding carboxylic acids is 1. The molecule has 1 aromatic carbocycles. The van der Waals surface area contributed by atoms with Gasteiger partial charge in [0.1, 0.15) is 34.1 Å². The van der Waals surface area contributed by atoms with Crippen molar-refractivity contribution in [3.63, 3.8) is 0 Å². The maximum absolute atomic E-state index is 11.6. The summed E-state index contributed by atoms with van der Waals surface area (Å²) in [6.07, 6.45) is 3.45. The van der Waals surface area contributed by atoms with Crippen LogP contribution < -0.4 is 10.1 Å². The fourth-order valence-electron chi connectivity index (χ4n) is 2.38. The van der Waals surface area contributed by atoms with E-state index in [1.165, 1.54) is 29.6 Å². The Bertz CT molecular complexity index is 1040. The van der Waals surface area contributed by atoms with Gasteiger partial charge >= 0.3 is 0 Å². The molecular weight excluding hydrogens is 390 g/mol. The van der Waals surface area contributed by atoms with Crippen LogP contribution in [0.15, 0.2) is 54.4 Å². The molecule has 0 bridgehead atoms. The number of thiazole rings is 1. The normalized spacial score (nSPS) is 10.9. The molecule has 2 aromatic heterocycles. The highest BCUT2D eigenvalue weighted by Gasteiger charge is 2.17. The van der Waals surface area contributed by atoms with Crippen LogP contribution in [0.25, 0.3) is 22.2 Å². The second-order valence-electron chi connectivity index (χ2n) is 5.69.